The van der Waals surface area contributed by atoms with Gasteiger partial charge in [0.1, 0.15) is 17.8 Å². The number of fused-ring (bicyclic) bond motifs is 1. The minimum absolute atomic E-state index is 0.326. The monoisotopic (exact) mass is 503 g/mol. The topological polar surface area (TPSA) is 95.7 Å². The number of hydrogen-bond acceptors (Lipinski definition) is 7. The van der Waals surface area contributed by atoms with Crippen LogP contribution in [-0.2, 0) is 23.3 Å². The van der Waals surface area contributed by atoms with Gasteiger partial charge in [0.05, 0.1) is 13.1 Å². The summed E-state index contributed by atoms with van der Waals surface area (Å²) in [6, 6.07) is 10.4. The van der Waals surface area contributed by atoms with E-state index < -0.39 is 10.2 Å². The van der Waals surface area contributed by atoms with Crippen molar-refractivity contribution in [3.63, 3.8) is 0 Å². The normalized spacial score (nSPS) is 23.2. The molecule has 1 aromatic heterocycles. The van der Waals surface area contributed by atoms with Crippen molar-refractivity contribution in [1.82, 2.24) is 29.3 Å². The molecule has 1 N–H and O–H groups in total. The van der Waals surface area contributed by atoms with Crippen LogP contribution in [0.25, 0.3) is 0 Å². The Morgan fingerprint density at radius 1 is 0.941 bits per heavy atom. The van der Waals surface area contributed by atoms with E-state index in [0.717, 1.165) is 56.4 Å². The van der Waals surface area contributed by atoms with Crippen LogP contribution in [0.5, 0.6) is 0 Å². The molecule has 0 radical (unpaired) electrons. The highest BCUT2D eigenvalue weighted by Crippen LogP contribution is 2.26. The van der Waals surface area contributed by atoms with Gasteiger partial charge in [0.15, 0.2) is 5.16 Å². The van der Waals surface area contributed by atoms with Gasteiger partial charge in [-0.05, 0) is 44.3 Å². The second-order valence-corrected chi connectivity index (χ2v) is 11.6. The van der Waals surface area contributed by atoms with E-state index in [1.54, 1.807) is 11.8 Å². The first-order chi connectivity index (χ1) is 16.6. The van der Waals surface area contributed by atoms with E-state index in [0.29, 0.717) is 24.6 Å². The van der Waals surface area contributed by atoms with Gasteiger partial charge in [0.25, 0.3) is 0 Å². The summed E-state index contributed by atoms with van der Waals surface area (Å²) in [5.41, 5.74) is 1.20. The largest absolute Gasteiger partial charge is 0.342 e. The average molecular weight is 504 g/mol. The van der Waals surface area contributed by atoms with Crippen LogP contribution in [0.1, 0.15) is 56.3 Å². The quantitative estimate of drug-likeness (QED) is 0.581. The summed E-state index contributed by atoms with van der Waals surface area (Å²) in [6.45, 7) is 4.51. The summed E-state index contributed by atoms with van der Waals surface area (Å²) in [4.78, 5) is 4.59. The third-order valence-corrected chi connectivity index (χ3v) is 8.74. The Morgan fingerprint density at radius 2 is 1.71 bits per heavy atom. The Kier molecular flexibility index (Phi) is 7.52. The Morgan fingerprint density at radius 3 is 2.53 bits per heavy atom. The molecule has 0 spiro atoms. The lowest BCUT2D eigenvalue weighted by Crippen LogP contribution is -2.55. The van der Waals surface area contributed by atoms with Crippen LogP contribution in [0.3, 0.4) is 0 Å². The molecule has 1 aromatic carbocycles. The maximum absolute atomic E-state index is 12.4. The molecule has 5 rings (SSSR count). The molecule has 2 saturated heterocycles. The number of likely N-dealkylation sites (tertiary alicyclic amines) is 1. The van der Waals surface area contributed by atoms with Gasteiger partial charge >= 0.3 is 10.2 Å². The molecule has 3 aliphatic rings. The third-order valence-electron chi connectivity index (χ3n) is 6.68. The lowest BCUT2D eigenvalue weighted by Gasteiger charge is -2.35. The fraction of sp³-hybridized carbons (Fsp3) is 0.609. The number of piperidine rings is 1. The van der Waals surface area contributed by atoms with Crippen molar-refractivity contribution >= 4 is 27.8 Å². The minimum atomic E-state index is -3.66. The highest BCUT2D eigenvalue weighted by atomic mass is 32.2. The van der Waals surface area contributed by atoms with Crippen LogP contribution >= 0.6 is 11.8 Å². The number of hydrogen-bond donors (Lipinski definition) is 1. The molecule has 3 aliphatic heterocycles. The lowest BCUT2D eigenvalue weighted by molar-refractivity contribution is 0.213. The zero-order valence-electron chi connectivity index (χ0n) is 19.5. The van der Waals surface area contributed by atoms with Crippen molar-refractivity contribution in [2.45, 2.75) is 69.4 Å². The van der Waals surface area contributed by atoms with Crippen LogP contribution in [0.4, 0.5) is 0 Å². The van der Waals surface area contributed by atoms with E-state index in [9.17, 15) is 8.42 Å². The van der Waals surface area contributed by atoms with Crippen molar-refractivity contribution in [3.05, 3.63) is 41.7 Å². The molecule has 1 atom stereocenters. The molecule has 0 amide bonds. The molecule has 11 heteroatoms. The van der Waals surface area contributed by atoms with Crippen LogP contribution in [0.15, 0.2) is 39.9 Å². The predicted octanol–water partition coefficient (Wildman–Crippen LogP) is 2.85. The van der Waals surface area contributed by atoms with Crippen LogP contribution < -0.4 is 4.72 Å². The molecule has 0 bridgehead atoms. The van der Waals surface area contributed by atoms with Crippen molar-refractivity contribution in [2.75, 3.05) is 25.4 Å². The number of aromatic nitrogens is 3. The molecular weight excluding hydrogens is 470 g/mol. The number of amidine groups is 1. The van der Waals surface area contributed by atoms with Crippen LogP contribution in [0, 0.1) is 0 Å². The molecule has 0 saturated carbocycles. The van der Waals surface area contributed by atoms with E-state index in [1.807, 2.05) is 18.2 Å². The Labute approximate surface area is 206 Å². The summed E-state index contributed by atoms with van der Waals surface area (Å²) in [5.74, 6) is 2.21. The number of thioether (sulfide) groups is 1. The second kappa shape index (κ2) is 10.8. The number of benzene rings is 1. The zero-order chi connectivity index (χ0) is 23.4. The van der Waals surface area contributed by atoms with E-state index in [4.69, 9.17) is 0 Å². The minimum Gasteiger partial charge on any atom is -0.342 e. The van der Waals surface area contributed by atoms with Gasteiger partial charge in [-0.2, -0.15) is 13.1 Å². The Balaban J connectivity index is 1.35. The molecule has 0 aliphatic carbocycles. The third kappa shape index (κ3) is 5.81. The Bertz CT molecular complexity index is 1100. The van der Waals surface area contributed by atoms with Crippen molar-refractivity contribution in [2.24, 2.45) is 4.40 Å². The van der Waals surface area contributed by atoms with E-state index in [1.165, 1.54) is 24.8 Å². The fourth-order valence-electron chi connectivity index (χ4n) is 4.91. The number of nitrogens with one attached hydrogen (secondary N) is 1. The van der Waals surface area contributed by atoms with Gasteiger partial charge in [-0.3, -0.25) is 4.90 Å². The standard InChI is InChI=1S/C23H33N7O2S2/c31-34(32)26-20-12-6-2-9-15-29(20)22(27-34)18-33-23-25-24-21(17-28-13-7-3-8-14-28)30(23)16-19-10-4-1-5-11-19/h1,4-5,10-11,22,27H,2-3,6-9,12-18H2. The van der Waals surface area contributed by atoms with E-state index in [-0.39, 0.29) is 6.17 Å². The number of nitrogens with zero attached hydrogens (tertiary/aromatic N) is 6. The highest BCUT2D eigenvalue weighted by molar-refractivity contribution is 7.99. The van der Waals surface area contributed by atoms with Gasteiger partial charge in [-0.1, -0.05) is 54.9 Å². The maximum Gasteiger partial charge on any atom is 0.323 e. The first kappa shape index (κ1) is 23.8. The SMILES string of the molecule is O=S1(=O)N=C2CCCCCN2C(CSc2nnc(CN3CCCCC3)n2Cc2ccccc2)N1. The molecule has 34 heavy (non-hydrogen) atoms. The van der Waals surface area contributed by atoms with E-state index in [2.05, 4.69) is 45.8 Å². The summed E-state index contributed by atoms with van der Waals surface area (Å²) >= 11 is 1.57. The summed E-state index contributed by atoms with van der Waals surface area (Å²) < 4.78 is 33.8. The lowest BCUT2D eigenvalue weighted by atomic mass is 10.1. The highest BCUT2D eigenvalue weighted by Gasteiger charge is 2.33. The molecular formula is C23H33N7O2S2. The van der Waals surface area contributed by atoms with Crippen molar-refractivity contribution < 1.29 is 8.42 Å². The average Bonchev–Trinajstić information content (AvgIpc) is 3.04. The molecule has 4 heterocycles. The molecule has 9 nitrogen and oxygen atoms in total. The fourth-order valence-corrected chi connectivity index (χ4v) is 7.09. The first-order valence-corrected chi connectivity index (χ1v) is 14.7. The summed E-state index contributed by atoms with van der Waals surface area (Å²) in [6.07, 6.45) is 7.28. The first-order valence-electron chi connectivity index (χ1n) is 12.3. The van der Waals surface area contributed by atoms with Gasteiger partial charge in [-0.15, -0.1) is 14.6 Å². The molecule has 2 fully saturated rings. The van der Waals surface area contributed by atoms with Gasteiger partial charge in [0, 0.05) is 18.7 Å². The van der Waals surface area contributed by atoms with Gasteiger partial charge in [0.2, 0.25) is 0 Å². The van der Waals surface area contributed by atoms with Crippen LogP contribution in [0.2, 0.25) is 0 Å². The number of rotatable bonds is 7. The van der Waals surface area contributed by atoms with Crippen LogP contribution in [-0.4, -0.2) is 70.4 Å². The molecule has 184 valence electrons. The zero-order valence-corrected chi connectivity index (χ0v) is 21.1. The van der Waals surface area contributed by atoms with Crippen molar-refractivity contribution in [3.8, 4) is 0 Å². The molecule has 2 aromatic rings. The Hall–Kier alpha value is -1.95. The maximum atomic E-state index is 12.4. The second-order valence-electron chi connectivity index (χ2n) is 9.24. The summed E-state index contributed by atoms with van der Waals surface area (Å²) in [5, 5.41) is 9.94. The van der Waals surface area contributed by atoms with Gasteiger partial charge in [-0.25, -0.2) is 0 Å². The predicted molar refractivity (Wildman–Crippen MR) is 134 cm³/mol. The summed E-state index contributed by atoms with van der Waals surface area (Å²) in [7, 11) is -3.66. The molecule has 1 unspecified atom stereocenters. The van der Waals surface area contributed by atoms with Crippen molar-refractivity contribution in [1.29, 1.82) is 0 Å². The van der Waals surface area contributed by atoms with E-state index >= 15 is 0 Å². The van der Waals surface area contributed by atoms with Gasteiger partial charge < -0.3 is 9.47 Å². The smallest absolute Gasteiger partial charge is 0.323 e.